The monoisotopic (exact) mass is 264 g/mol. The van der Waals surface area contributed by atoms with Gasteiger partial charge in [0.1, 0.15) is 5.75 Å². The second-order valence-electron chi connectivity index (χ2n) is 5.64. The minimum Gasteiger partial charge on any atom is -0.494 e. The molecule has 0 bridgehead atoms. The molecule has 0 atom stereocenters. The summed E-state index contributed by atoms with van der Waals surface area (Å²) in [6, 6.07) is 7.81. The zero-order chi connectivity index (χ0) is 13.9. The van der Waals surface area contributed by atoms with Gasteiger partial charge in [0.05, 0.1) is 17.8 Å². The highest BCUT2D eigenvalue weighted by Gasteiger charge is 2.40. The quantitative estimate of drug-likeness (QED) is 0.907. The standard InChI is InChI=1S/C16H24O3/c1-4-19-14-7-5-13(6-8-14)16(17)11-9-15(2,18-3)10-12-16/h5-8,17H,4,9-12H2,1-3H3. The molecule has 1 fully saturated rings. The molecule has 106 valence electrons. The SMILES string of the molecule is CCOc1ccc(C2(O)CCC(C)(OC)CC2)cc1. The molecule has 0 spiro atoms. The van der Waals surface area contributed by atoms with E-state index < -0.39 is 5.60 Å². The molecular weight excluding hydrogens is 240 g/mol. The van der Waals surface area contributed by atoms with E-state index in [1.54, 1.807) is 7.11 Å². The van der Waals surface area contributed by atoms with E-state index in [1.807, 2.05) is 31.2 Å². The van der Waals surface area contributed by atoms with Crippen LogP contribution in [0.25, 0.3) is 0 Å². The Hall–Kier alpha value is -1.06. The molecule has 0 aromatic heterocycles. The topological polar surface area (TPSA) is 38.7 Å². The van der Waals surface area contributed by atoms with Crippen molar-refractivity contribution >= 4 is 0 Å². The smallest absolute Gasteiger partial charge is 0.119 e. The highest BCUT2D eigenvalue weighted by Crippen LogP contribution is 2.42. The fourth-order valence-electron chi connectivity index (χ4n) is 2.71. The van der Waals surface area contributed by atoms with Crippen LogP contribution < -0.4 is 4.74 Å². The van der Waals surface area contributed by atoms with Crippen LogP contribution >= 0.6 is 0 Å². The number of benzene rings is 1. The number of ether oxygens (including phenoxy) is 2. The Kier molecular flexibility index (Phi) is 4.16. The lowest BCUT2D eigenvalue weighted by Crippen LogP contribution is -2.40. The van der Waals surface area contributed by atoms with Crippen molar-refractivity contribution in [3.8, 4) is 5.75 Å². The van der Waals surface area contributed by atoms with Crippen molar-refractivity contribution in [2.45, 2.75) is 50.7 Å². The number of rotatable bonds is 4. The molecule has 0 heterocycles. The first-order chi connectivity index (χ1) is 9.01. The second kappa shape index (κ2) is 5.51. The fraction of sp³-hybridized carbons (Fsp3) is 0.625. The zero-order valence-electron chi connectivity index (χ0n) is 12.1. The first-order valence-corrected chi connectivity index (χ1v) is 7.02. The van der Waals surface area contributed by atoms with Crippen molar-refractivity contribution in [1.82, 2.24) is 0 Å². The van der Waals surface area contributed by atoms with Crippen molar-refractivity contribution in [1.29, 1.82) is 0 Å². The maximum absolute atomic E-state index is 10.8. The van der Waals surface area contributed by atoms with Gasteiger partial charge in [0, 0.05) is 7.11 Å². The average molecular weight is 264 g/mol. The predicted octanol–water partition coefficient (Wildman–Crippen LogP) is 3.25. The van der Waals surface area contributed by atoms with E-state index in [0.29, 0.717) is 6.61 Å². The lowest BCUT2D eigenvalue weighted by molar-refractivity contribution is -0.0940. The predicted molar refractivity (Wildman–Crippen MR) is 75.4 cm³/mol. The van der Waals surface area contributed by atoms with Gasteiger partial charge in [-0.15, -0.1) is 0 Å². The molecule has 2 rings (SSSR count). The third kappa shape index (κ3) is 3.10. The van der Waals surface area contributed by atoms with E-state index in [4.69, 9.17) is 9.47 Å². The summed E-state index contributed by atoms with van der Waals surface area (Å²) < 4.78 is 11.0. The van der Waals surface area contributed by atoms with Gasteiger partial charge in [-0.2, -0.15) is 0 Å². The summed E-state index contributed by atoms with van der Waals surface area (Å²) in [6.45, 7) is 4.74. The summed E-state index contributed by atoms with van der Waals surface area (Å²) >= 11 is 0. The highest BCUT2D eigenvalue weighted by atomic mass is 16.5. The van der Waals surface area contributed by atoms with Gasteiger partial charge in [0.25, 0.3) is 0 Å². The minimum atomic E-state index is -0.719. The van der Waals surface area contributed by atoms with E-state index in [2.05, 4.69) is 6.92 Å². The fourth-order valence-corrected chi connectivity index (χ4v) is 2.71. The maximum atomic E-state index is 10.8. The van der Waals surface area contributed by atoms with Crippen molar-refractivity contribution < 1.29 is 14.6 Å². The first kappa shape index (κ1) is 14.4. The van der Waals surface area contributed by atoms with Gasteiger partial charge >= 0.3 is 0 Å². The van der Waals surface area contributed by atoms with E-state index in [1.165, 1.54) is 0 Å². The zero-order valence-corrected chi connectivity index (χ0v) is 12.1. The number of methoxy groups -OCH3 is 1. The van der Waals surface area contributed by atoms with Crippen LogP contribution in [0, 0.1) is 0 Å². The molecule has 1 aromatic rings. The van der Waals surface area contributed by atoms with Gasteiger partial charge in [-0.3, -0.25) is 0 Å². The van der Waals surface area contributed by atoms with Crippen LogP contribution in [0.2, 0.25) is 0 Å². The van der Waals surface area contributed by atoms with Gasteiger partial charge in [-0.05, 0) is 57.2 Å². The van der Waals surface area contributed by atoms with Crippen molar-refractivity contribution in [3.05, 3.63) is 29.8 Å². The number of hydrogen-bond acceptors (Lipinski definition) is 3. The molecule has 0 saturated heterocycles. The van der Waals surface area contributed by atoms with Gasteiger partial charge < -0.3 is 14.6 Å². The van der Waals surface area contributed by atoms with Gasteiger partial charge in [0.15, 0.2) is 0 Å². The van der Waals surface area contributed by atoms with Crippen LogP contribution in [0.1, 0.15) is 45.1 Å². The molecule has 1 aromatic carbocycles. The van der Waals surface area contributed by atoms with Gasteiger partial charge in [-0.1, -0.05) is 12.1 Å². The van der Waals surface area contributed by atoms with Crippen LogP contribution in [-0.4, -0.2) is 24.4 Å². The van der Waals surface area contributed by atoms with Crippen LogP contribution in [0.5, 0.6) is 5.75 Å². The molecule has 0 amide bonds. The highest BCUT2D eigenvalue weighted by molar-refractivity contribution is 5.31. The van der Waals surface area contributed by atoms with E-state index in [0.717, 1.165) is 37.0 Å². The third-order valence-corrected chi connectivity index (χ3v) is 4.33. The third-order valence-electron chi connectivity index (χ3n) is 4.33. The summed E-state index contributed by atoms with van der Waals surface area (Å²) in [5, 5.41) is 10.8. The van der Waals surface area contributed by atoms with Crippen molar-refractivity contribution in [2.24, 2.45) is 0 Å². The van der Waals surface area contributed by atoms with Gasteiger partial charge in [0.2, 0.25) is 0 Å². The molecule has 1 N–H and O–H groups in total. The molecule has 0 radical (unpaired) electrons. The molecule has 1 aliphatic carbocycles. The average Bonchev–Trinajstić information content (AvgIpc) is 2.44. The Balaban J connectivity index is 2.09. The minimum absolute atomic E-state index is 0.0858. The Bertz CT molecular complexity index is 403. The lowest BCUT2D eigenvalue weighted by atomic mass is 9.73. The molecular formula is C16H24O3. The van der Waals surface area contributed by atoms with Crippen LogP contribution in [-0.2, 0) is 10.3 Å². The first-order valence-electron chi connectivity index (χ1n) is 7.02. The van der Waals surface area contributed by atoms with Gasteiger partial charge in [-0.25, -0.2) is 0 Å². The molecule has 0 unspecified atom stereocenters. The molecule has 19 heavy (non-hydrogen) atoms. The number of hydrogen-bond donors (Lipinski definition) is 1. The normalized spacial score (nSPS) is 31.2. The van der Waals surface area contributed by atoms with E-state index in [9.17, 15) is 5.11 Å². The Morgan fingerprint density at radius 2 is 1.68 bits per heavy atom. The lowest BCUT2D eigenvalue weighted by Gasteiger charge is -2.41. The summed E-state index contributed by atoms with van der Waals surface area (Å²) in [5.74, 6) is 0.854. The molecule has 0 aliphatic heterocycles. The van der Waals surface area contributed by atoms with Crippen molar-refractivity contribution in [2.75, 3.05) is 13.7 Å². The molecule has 3 nitrogen and oxygen atoms in total. The van der Waals surface area contributed by atoms with Crippen molar-refractivity contribution in [3.63, 3.8) is 0 Å². The van der Waals surface area contributed by atoms with E-state index >= 15 is 0 Å². The maximum Gasteiger partial charge on any atom is 0.119 e. The Morgan fingerprint density at radius 3 is 2.16 bits per heavy atom. The molecule has 3 heteroatoms. The number of aliphatic hydroxyl groups is 1. The Labute approximate surface area is 115 Å². The molecule has 1 saturated carbocycles. The van der Waals surface area contributed by atoms with Crippen LogP contribution in [0.3, 0.4) is 0 Å². The summed E-state index contributed by atoms with van der Waals surface area (Å²) in [7, 11) is 1.75. The molecule has 1 aliphatic rings. The second-order valence-corrected chi connectivity index (χ2v) is 5.64. The van der Waals surface area contributed by atoms with Crippen LogP contribution in [0.15, 0.2) is 24.3 Å². The Morgan fingerprint density at radius 1 is 1.11 bits per heavy atom. The summed E-state index contributed by atoms with van der Waals surface area (Å²) in [4.78, 5) is 0. The van der Waals surface area contributed by atoms with Crippen LogP contribution in [0.4, 0.5) is 0 Å². The van der Waals surface area contributed by atoms with E-state index in [-0.39, 0.29) is 5.60 Å². The largest absolute Gasteiger partial charge is 0.494 e. The summed E-state index contributed by atoms with van der Waals surface area (Å²) in [5.41, 5.74) is 0.175. The summed E-state index contributed by atoms with van der Waals surface area (Å²) in [6.07, 6.45) is 3.25.